The first-order valence-electron chi connectivity index (χ1n) is 6.35. The molecule has 3 rings (SSSR count). The van der Waals surface area contributed by atoms with Crippen LogP contribution in [-0.2, 0) is 5.54 Å². The van der Waals surface area contributed by atoms with E-state index < -0.39 is 5.54 Å². The number of rotatable bonds is 3. The second-order valence-corrected chi connectivity index (χ2v) is 6.10. The van der Waals surface area contributed by atoms with Crippen LogP contribution in [0.1, 0.15) is 13.8 Å². The fourth-order valence-electron chi connectivity index (χ4n) is 2.21. The van der Waals surface area contributed by atoms with E-state index in [1.165, 1.54) is 11.8 Å². The van der Waals surface area contributed by atoms with Gasteiger partial charge in [-0.05, 0) is 20.1 Å². The highest BCUT2D eigenvalue weighted by Crippen LogP contribution is 2.28. The molecule has 0 radical (unpaired) electrons. The van der Waals surface area contributed by atoms with Crippen molar-refractivity contribution in [2.24, 2.45) is 0 Å². The van der Waals surface area contributed by atoms with E-state index in [4.69, 9.17) is 0 Å². The van der Waals surface area contributed by atoms with E-state index in [0.29, 0.717) is 0 Å². The summed E-state index contributed by atoms with van der Waals surface area (Å²) < 4.78 is 1.85. The maximum absolute atomic E-state index is 9.60. The summed E-state index contributed by atoms with van der Waals surface area (Å²) in [6.07, 6.45) is 5.60. The lowest BCUT2D eigenvalue weighted by atomic mass is 10.1. The van der Waals surface area contributed by atoms with Crippen LogP contribution in [0.25, 0.3) is 21.8 Å². The Hall–Kier alpha value is -1.66. The molecule has 0 saturated heterocycles. The summed E-state index contributed by atoms with van der Waals surface area (Å²) in [7, 11) is 0. The van der Waals surface area contributed by atoms with Crippen LogP contribution >= 0.6 is 11.8 Å². The van der Waals surface area contributed by atoms with Crippen molar-refractivity contribution >= 4 is 33.6 Å². The summed E-state index contributed by atoms with van der Waals surface area (Å²) in [5.74, 6) is 0. The predicted octanol–water partition coefficient (Wildman–Crippen LogP) is 2.43. The summed E-state index contributed by atoms with van der Waals surface area (Å²) in [5, 5.41) is 16.8. The molecule has 2 aromatic heterocycles. The van der Waals surface area contributed by atoms with Gasteiger partial charge < -0.3 is 5.11 Å². The summed E-state index contributed by atoms with van der Waals surface area (Å²) >= 11 is 1.51. The van der Waals surface area contributed by atoms with E-state index in [9.17, 15) is 5.11 Å². The maximum atomic E-state index is 9.60. The molecule has 0 aliphatic heterocycles. The van der Waals surface area contributed by atoms with Gasteiger partial charge in [-0.15, -0.1) is 0 Å². The van der Waals surface area contributed by atoms with E-state index in [1.807, 2.05) is 49.3 Å². The molecule has 5 nitrogen and oxygen atoms in total. The normalized spacial score (nSPS) is 12.4. The van der Waals surface area contributed by atoms with E-state index >= 15 is 0 Å². The van der Waals surface area contributed by atoms with Crippen molar-refractivity contribution in [1.29, 1.82) is 0 Å². The van der Waals surface area contributed by atoms with Crippen molar-refractivity contribution in [3.8, 4) is 0 Å². The molecular formula is C14H16N4OS. The molecule has 2 heterocycles. The highest BCUT2D eigenvalue weighted by molar-refractivity contribution is 7.98. The molecule has 0 bridgehead atoms. The number of hydrogen-bond acceptors (Lipinski definition) is 5. The zero-order valence-electron chi connectivity index (χ0n) is 11.7. The zero-order valence-corrected chi connectivity index (χ0v) is 12.5. The molecule has 20 heavy (non-hydrogen) atoms. The van der Waals surface area contributed by atoms with Crippen molar-refractivity contribution < 1.29 is 5.11 Å². The lowest BCUT2D eigenvalue weighted by molar-refractivity contribution is 0.156. The predicted molar refractivity (Wildman–Crippen MR) is 81.0 cm³/mol. The van der Waals surface area contributed by atoms with Crippen LogP contribution in [0.5, 0.6) is 0 Å². The fourth-order valence-corrected chi connectivity index (χ4v) is 2.55. The first-order valence-corrected chi connectivity index (χ1v) is 7.58. The van der Waals surface area contributed by atoms with Crippen LogP contribution in [0.4, 0.5) is 0 Å². The minimum Gasteiger partial charge on any atom is -0.394 e. The first kappa shape index (κ1) is 13.3. The second-order valence-electron chi connectivity index (χ2n) is 5.32. The van der Waals surface area contributed by atoms with Gasteiger partial charge in [0.2, 0.25) is 0 Å². The zero-order chi connectivity index (χ0) is 14.3. The average Bonchev–Trinajstić information content (AvgIpc) is 2.91. The molecule has 1 aromatic carbocycles. The van der Waals surface area contributed by atoms with Gasteiger partial charge in [-0.25, -0.2) is 9.97 Å². The maximum Gasteiger partial charge on any atom is 0.187 e. The van der Waals surface area contributed by atoms with Gasteiger partial charge in [-0.3, -0.25) is 4.68 Å². The van der Waals surface area contributed by atoms with Gasteiger partial charge >= 0.3 is 0 Å². The molecule has 0 amide bonds. The Kier molecular flexibility index (Phi) is 3.14. The second kappa shape index (κ2) is 4.71. The lowest BCUT2D eigenvalue weighted by Crippen LogP contribution is -2.31. The minimum atomic E-state index is -0.472. The molecule has 0 aliphatic carbocycles. The molecule has 0 aliphatic rings. The van der Waals surface area contributed by atoms with E-state index in [1.54, 1.807) is 0 Å². The molecular weight excluding hydrogens is 272 g/mol. The Morgan fingerprint density at radius 1 is 1.25 bits per heavy atom. The fraction of sp³-hybridized carbons (Fsp3) is 0.357. The Morgan fingerprint density at radius 2 is 2.00 bits per heavy atom. The number of benzene rings is 1. The molecule has 0 spiro atoms. The molecule has 104 valence electrons. The SMILES string of the molecule is CSc1ncc2ccc3cnn(C(C)(C)CO)c3c2n1. The minimum absolute atomic E-state index is 0.0145. The Balaban J connectivity index is 2.41. The molecule has 6 heteroatoms. The van der Waals surface area contributed by atoms with Crippen LogP contribution in [0.3, 0.4) is 0 Å². The highest BCUT2D eigenvalue weighted by atomic mass is 32.2. The Labute approximate surface area is 121 Å². The number of thioether (sulfide) groups is 1. The molecule has 3 aromatic rings. The van der Waals surface area contributed by atoms with E-state index in [-0.39, 0.29) is 6.61 Å². The van der Waals surface area contributed by atoms with Crippen LogP contribution < -0.4 is 0 Å². The summed E-state index contributed by atoms with van der Waals surface area (Å²) in [6.45, 7) is 3.92. The third-order valence-corrected chi connectivity index (χ3v) is 3.96. The number of hydrogen-bond donors (Lipinski definition) is 1. The first-order chi connectivity index (χ1) is 9.56. The summed E-state index contributed by atoms with van der Waals surface area (Å²) in [5.41, 5.74) is 1.35. The lowest BCUT2D eigenvalue weighted by Gasteiger charge is -2.23. The molecule has 1 N–H and O–H groups in total. The van der Waals surface area contributed by atoms with Crippen molar-refractivity contribution in [2.75, 3.05) is 12.9 Å². The number of nitrogens with zero attached hydrogens (tertiary/aromatic N) is 4. The number of fused-ring (bicyclic) bond motifs is 3. The third-order valence-electron chi connectivity index (χ3n) is 3.40. The van der Waals surface area contributed by atoms with Crippen molar-refractivity contribution in [1.82, 2.24) is 19.7 Å². The Morgan fingerprint density at radius 3 is 2.70 bits per heavy atom. The standard InChI is InChI=1S/C14H16N4OS/c1-14(2,8-19)18-12-10(7-16-18)5-4-9-6-15-13(20-3)17-11(9)12/h4-7,19H,8H2,1-3H3. The molecule has 0 fully saturated rings. The van der Waals surface area contributed by atoms with Gasteiger partial charge in [0.25, 0.3) is 0 Å². The summed E-state index contributed by atoms with van der Waals surface area (Å²) in [4.78, 5) is 8.91. The number of aromatic nitrogens is 4. The van der Waals surface area contributed by atoms with Gasteiger partial charge in [0.1, 0.15) is 5.52 Å². The average molecular weight is 288 g/mol. The Bertz CT molecular complexity index is 781. The van der Waals surface area contributed by atoms with Crippen molar-refractivity contribution in [3.05, 3.63) is 24.5 Å². The summed E-state index contributed by atoms with van der Waals surface area (Å²) in [6, 6.07) is 4.01. The topological polar surface area (TPSA) is 63.8 Å². The quantitative estimate of drug-likeness (QED) is 0.592. The van der Waals surface area contributed by atoms with Gasteiger partial charge in [-0.2, -0.15) is 5.10 Å². The molecule has 0 atom stereocenters. The number of aliphatic hydroxyl groups excluding tert-OH is 1. The van der Waals surface area contributed by atoms with E-state index in [0.717, 1.165) is 27.0 Å². The highest BCUT2D eigenvalue weighted by Gasteiger charge is 2.23. The van der Waals surface area contributed by atoms with Crippen LogP contribution in [0.2, 0.25) is 0 Å². The van der Waals surface area contributed by atoms with Gasteiger partial charge in [0.15, 0.2) is 5.16 Å². The van der Waals surface area contributed by atoms with Crippen molar-refractivity contribution in [2.45, 2.75) is 24.5 Å². The van der Waals surface area contributed by atoms with Crippen LogP contribution in [0.15, 0.2) is 29.7 Å². The van der Waals surface area contributed by atoms with Gasteiger partial charge in [-0.1, -0.05) is 23.9 Å². The largest absolute Gasteiger partial charge is 0.394 e. The van der Waals surface area contributed by atoms with Crippen LogP contribution in [-0.4, -0.2) is 37.7 Å². The van der Waals surface area contributed by atoms with Gasteiger partial charge in [0.05, 0.1) is 23.9 Å². The molecule has 0 unspecified atom stereocenters. The van der Waals surface area contributed by atoms with Crippen molar-refractivity contribution in [3.63, 3.8) is 0 Å². The smallest absolute Gasteiger partial charge is 0.187 e. The monoisotopic (exact) mass is 288 g/mol. The number of aliphatic hydroxyl groups is 1. The van der Waals surface area contributed by atoms with E-state index in [2.05, 4.69) is 15.1 Å². The third kappa shape index (κ3) is 1.96. The molecule has 0 saturated carbocycles. The van der Waals surface area contributed by atoms with Crippen LogP contribution in [0, 0.1) is 0 Å². The van der Waals surface area contributed by atoms with Gasteiger partial charge in [0, 0.05) is 17.0 Å².